The van der Waals surface area contributed by atoms with Crippen LogP contribution in [0, 0.1) is 17.0 Å². The van der Waals surface area contributed by atoms with Gasteiger partial charge in [-0.2, -0.15) is 0 Å². The Morgan fingerprint density at radius 2 is 1.91 bits per heavy atom. The van der Waals surface area contributed by atoms with Crippen LogP contribution in [0.3, 0.4) is 0 Å². The van der Waals surface area contributed by atoms with Crippen LogP contribution in [0.4, 0.5) is 13.2 Å². The first-order valence-electron chi connectivity index (χ1n) is 10.8. The Kier molecular flexibility index (Phi) is 7.92. The fourth-order valence-electron chi connectivity index (χ4n) is 3.50. The average molecular weight is 459 g/mol. The van der Waals surface area contributed by atoms with E-state index in [2.05, 4.69) is 10.3 Å². The van der Waals surface area contributed by atoms with E-state index in [9.17, 15) is 18.0 Å². The van der Waals surface area contributed by atoms with Crippen molar-refractivity contribution in [3.63, 3.8) is 0 Å². The van der Waals surface area contributed by atoms with Gasteiger partial charge in [-0.1, -0.05) is 44.2 Å². The van der Waals surface area contributed by atoms with Gasteiger partial charge in [-0.05, 0) is 30.2 Å². The third-order valence-electron chi connectivity index (χ3n) is 5.47. The SMILES string of the molecule is CC(C)(Cc1nc(-c2cc(F)ccc2F)cn1Cc1ccccc1)C(=O)NCC[C@@H](N)CF. The maximum absolute atomic E-state index is 14.4. The van der Waals surface area contributed by atoms with E-state index in [0.29, 0.717) is 24.5 Å². The number of carbonyl (C=O) groups excluding carboxylic acids is 1. The Morgan fingerprint density at radius 3 is 2.61 bits per heavy atom. The fourth-order valence-corrected chi connectivity index (χ4v) is 3.50. The van der Waals surface area contributed by atoms with Crippen LogP contribution in [0.2, 0.25) is 0 Å². The molecular formula is C25H29F3N4O. The summed E-state index contributed by atoms with van der Waals surface area (Å²) in [5.74, 6) is -0.787. The van der Waals surface area contributed by atoms with Crippen molar-refractivity contribution in [1.82, 2.24) is 14.9 Å². The quantitative estimate of drug-likeness (QED) is 0.477. The number of aromatic nitrogens is 2. The largest absolute Gasteiger partial charge is 0.356 e. The number of nitrogens with zero attached hydrogens (tertiary/aromatic N) is 2. The molecule has 3 rings (SSSR count). The maximum Gasteiger partial charge on any atom is 0.226 e. The molecule has 1 atom stereocenters. The smallest absolute Gasteiger partial charge is 0.226 e. The fraction of sp³-hybridized carbons (Fsp3) is 0.360. The summed E-state index contributed by atoms with van der Waals surface area (Å²) in [6.07, 6.45) is 2.27. The monoisotopic (exact) mass is 458 g/mol. The number of nitrogens with one attached hydrogen (secondary N) is 1. The summed E-state index contributed by atoms with van der Waals surface area (Å²) in [6.45, 7) is 3.65. The van der Waals surface area contributed by atoms with Gasteiger partial charge in [0.15, 0.2) is 0 Å². The van der Waals surface area contributed by atoms with Gasteiger partial charge in [-0.25, -0.2) is 18.2 Å². The Labute approximate surface area is 191 Å². The standard InChI is InChI=1S/C25H29F3N4O/c1-25(2,24(33)30-11-10-19(29)14-26)13-23-31-22(20-12-18(27)8-9-21(20)28)16-32(23)15-17-6-4-3-5-7-17/h3-9,12,16,19H,10-11,13-15,29H2,1-2H3,(H,30,33)/t19-/m1/s1. The van der Waals surface area contributed by atoms with E-state index in [1.165, 1.54) is 0 Å². The number of hydrogen-bond donors (Lipinski definition) is 2. The minimum absolute atomic E-state index is 0.0607. The molecule has 5 nitrogen and oxygen atoms in total. The van der Waals surface area contributed by atoms with E-state index in [1.807, 2.05) is 34.9 Å². The number of imidazole rings is 1. The lowest BCUT2D eigenvalue weighted by Crippen LogP contribution is -2.41. The molecule has 0 spiro atoms. The van der Waals surface area contributed by atoms with Crippen molar-refractivity contribution in [2.45, 2.75) is 39.3 Å². The molecule has 1 aromatic heterocycles. The van der Waals surface area contributed by atoms with E-state index < -0.39 is 29.8 Å². The number of rotatable bonds is 10. The lowest BCUT2D eigenvalue weighted by molar-refractivity contribution is -0.129. The first kappa shape index (κ1) is 24.5. The Balaban J connectivity index is 1.87. The van der Waals surface area contributed by atoms with Crippen molar-refractivity contribution >= 4 is 5.91 Å². The molecule has 0 aliphatic rings. The van der Waals surface area contributed by atoms with Gasteiger partial charge in [0.05, 0.1) is 11.1 Å². The first-order chi connectivity index (χ1) is 15.7. The number of carbonyl (C=O) groups is 1. The van der Waals surface area contributed by atoms with Crippen molar-refractivity contribution < 1.29 is 18.0 Å². The maximum atomic E-state index is 14.4. The molecule has 0 aliphatic heterocycles. The second kappa shape index (κ2) is 10.7. The Hall–Kier alpha value is -3.13. The summed E-state index contributed by atoms with van der Waals surface area (Å²) in [4.78, 5) is 17.4. The van der Waals surface area contributed by atoms with Crippen LogP contribution in [0.5, 0.6) is 0 Å². The van der Waals surface area contributed by atoms with E-state index in [0.717, 1.165) is 23.8 Å². The molecule has 2 aromatic carbocycles. The summed E-state index contributed by atoms with van der Waals surface area (Å²) in [6, 6.07) is 12.3. The van der Waals surface area contributed by atoms with Gasteiger partial charge in [-0.15, -0.1) is 0 Å². The summed E-state index contributed by atoms with van der Waals surface area (Å²) >= 11 is 0. The molecule has 0 saturated heterocycles. The van der Waals surface area contributed by atoms with E-state index in [4.69, 9.17) is 5.73 Å². The number of amides is 1. The molecule has 0 fully saturated rings. The third kappa shape index (κ3) is 6.44. The molecule has 1 amide bonds. The zero-order valence-electron chi connectivity index (χ0n) is 18.8. The number of alkyl halides is 1. The molecule has 0 saturated carbocycles. The van der Waals surface area contributed by atoms with Gasteiger partial charge in [0, 0.05) is 37.3 Å². The molecule has 176 valence electrons. The van der Waals surface area contributed by atoms with Gasteiger partial charge in [0.1, 0.15) is 24.1 Å². The topological polar surface area (TPSA) is 72.9 Å². The molecule has 0 aliphatic carbocycles. The highest BCUT2D eigenvalue weighted by Crippen LogP contribution is 2.28. The highest BCUT2D eigenvalue weighted by Gasteiger charge is 2.30. The van der Waals surface area contributed by atoms with Gasteiger partial charge in [-0.3, -0.25) is 4.79 Å². The highest BCUT2D eigenvalue weighted by atomic mass is 19.1. The van der Waals surface area contributed by atoms with Crippen molar-refractivity contribution in [1.29, 1.82) is 0 Å². The van der Waals surface area contributed by atoms with Gasteiger partial charge in [0.2, 0.25) is 5.91 Å². The van der Waals surface area contributed by atoms with Crippen LogP contribution in [0.25, 0.3) is 11.3 Å². The lowest BCUT2D eigenvalue weighted by Gasteiger charge is -2.24. The number of hydrogen-bond acceptors (Lipinski definition) is 3. The third-order valence-corrected chi connectivity index (χ3v) is 5.47. The minimum atomic E-state index is -0.850. The highest BCUT2D eigenvalue weighted by molar-refractivity contribution is 5.82. The summed E-state index contributed by atoms with van der Waals surface area (Å²) in [5.41, 5.74) is 6.08. The molecule has 3 aromatic rings. The molecule has 0 radical (unpaired) electrons. The van der Waals surface area contributed by atoms with Crippen molar-refractivity contribution in [2.24, 2.45) is 11.1 Å². The number of benzene rings is 2. The van der Waals surface area contributed by atoms with Gasteiger partial charge < -0.3 is 15.6 Å². The molecule has 3 N–H and O–H groups in total. The molecule has 0 bridgehead atoms. The second-order valence-electron chi connectivity index (χ2n) is 8.80. The Morgan fingerprint density at radius 1 is 1.18 bits per heavy atom. The number of halogens is 3. The van der Waals surface area contributed by atoms with Crippen LogP contribution in [0.15, 0.2) is 54.7 Å². The average Bonchev–Trinajstić information content (AvgIpc) is 3.17. The van der Waals surface area contributed by atoms with Gasteiger partial charge >= 0.3 is 0 Å². The van der Waals surface area contributed by atoms with Crippen molar-refractivity contribution in [2.75, 3.05) is 13.2 Å². The summed E-state index contributed by atoms with van der Waals surface area (Å²) < 4.78 is 42.6. The minimum Gasteiger partial charge on any atom is -0.356 e. The van der Waals surface area contributed by atoms with Crippen LogP contribution < -0.4 is 11.1 Å². The van der Waals surface area contributed by atoms with Crippen molar-refractivity contribution in [3.05, 3.63) is 77.8 Å². The molecule has 0 unspecified atom stereocenters. The molecule has 33 heavy (non-hydrogen) atoms. The zero-order valence-corrected chi connectivity index (χ0v) is 18.8. The summed E-state index contributed by atoms with van der Waals surface area (Å²) in [7, 11) is 0. The Bertz CT molecular complexity index is 1080. The van der Waals surface area contributed by atoms with E-state index in [1.54, 1.807) is 20.0 Å². The molecule has 1 heterocycles. The lowest BCUT2D eigenvalue weighted by atomic mass is 9.87. The first-order valence-corrected chi connectivity index (χ1v) is 10.8. The predicted octanol–water partition coefficient (Wildman–Crippen LogP) is 4.25. The van der Waals surface area contributed by atoms with E-state index in [-0.39, 0.29) is 24.4 Å². The van der Waals surface area contributed by atoms with Crippen LogP contribution in [0.1, 0.15) is 31.7 Å². The number of nitrogens with two attached hydrogens (primary N) is 1. The molecule has 8 heteroatoms. The van der Waals surface area contributed by atoms with Crippen LogP contribution >= 0.6 is 0 Å². The zero-order chi connectivity index (χ0) is 24.0. The van der Waals surface area contributed by atoms with E-state index >= 15 is 0 Å². The van der Waals surface area contributed by atoms with Gasteiger partial charge in [0.25, 0.3) is 0 Å². The molecular weight excluding hydrogens is 429 g/mol. The second-order valence-corrected chi connectivity index (χ2v) is 8.80. The van der Waals surface area contributed by atoms with Crippen molar-refractivity contribution in [3.8, 4) is 11.3 Å². The normalized spacial score (nSPS) is 12.5. The summed E-state index contributed by atoms with van der Waals surface area (Å²) in [5, 5.41) is 2.80. The predicted molar refractivity (Wildman–Crippen MR) is 122 cm³/mol. The van der Waals surface area contributed by atoms with Crippen LogP contribution in [-0.2, 0) is 17.8 Å². The van der Waals surface area contributed by atoms with Crippen LogP contribution in [-0.4, -0.2) is 34.7 Å².